The largest absolute Gasteiger partial charge is 0.484 e. The molecule has 0 spiro atoms. The highest BCUT2D eigenvalue weighted by Crippen LogP contribution is 2.20. The topological polar surface area (TPSA) is 91.5 Å². The third-order valence-electron chi connectivity index (χ3n) is 3.73. The average Bonchev–Trinajstić information content (AvgIpc) is 2.70. The number of amides is 2. The number of rotatable bonds is 6. The van der Waals surface area contributed by atoms with E-state index in [0.717, 1.165) is 5.56 Å². The lowest BCUT2D eigenvalue weighted by Gasteiger charge is -2.12. The number of aryl methyl sites for hydroxylation is 1. The SMILES string of the molecule is CCC(=O)NC(=S)Nc1ccc(NC(=S)NC(=O)COc2ccc(Cl)c(C)c2)cc1. The van der Waals surface area contributed by atoms with Crippen molar-refractivity contribution in [2.45, 2.75) is 20.3 Å². The molecule has 0 radical (unpaired) electrons. The fraction of sp³-hybridized carbons (Fsp3) is 0.200. The number of carbonyl (C=O) groups excluding carboxylic acids is 2. The summed E-state index contributed by atoms with van der Waals surface area (Å²) < 4.78 is 5.43. The number of ether oxygens (including phenoxy) is 1. The maximum atomic E-state index is 12.0. The van der Waals surface area contributed by atoms with Crippen molar-refractivity contribution in [2.24, 2.45) is 0 Å². The van der Waals surface area contributed by atoms with Gasteiger partial charge in [-0.05, 0) is 79.4 Å². The molecule has 158 valence electrons. The maximum absolute atomic E-state index is 12.0. The Morgan fingerprint density at radius 2 is 1.47 bits per heavy atom. The number of thiocarbonyl (C=S) groups is 2. The number of halogens is 1. The Kier molecular flexibility index (Phi) is 8.97. The van der Waals surface area contributed by atoms with E-state index in [9.17, 15) is 9.59 Å². The fourth-order valence-corrected chi connectivity index (χ4v) is 2.78. The predicted molar refractivity (Wildman–Crippen MR) is 127 cm³/mol. The van der Waals surface area contributed by atoms with Crippen molar-refractivity contribution in [1.29, 1.82) is 0 Å². The van der Waals surface area contributed by atoms with Gasteiger partial charge < -0.3 is 20.7 Å². The summed E-state index contributed by atoms with van der Waals surface area (Å²) in [6.45, 7) is 3.40. The van der Waals surface area contributed by atoms with E-state index in [1.54, 1.807) is 49.4 Å². The summed E-state index contributed by atoms with van der Waals surface area (Å²) in [7, 11) is 0. The van der Waals surface area contributed by atoms with Crippen LogP contribution in [0.4, 0.5) is 11.4 Å². The molecule has 2 amide bonds. The molecule has 7 nitrogen and oxygen atoms in total. The van der Waals surface area contributed by atoms with Crippen LogP contribution in [0.5, 0.6) is 5.75 Å². The fourth-order valence-electron chi connectivity index (χ4n) is 2.20. The van der Waals surface area contributed by atoms with Crippen molar-refractivity contribution < 1.29 is 14.3 Å². The van der Waals surface area contributed by atoms with E-state index < -0.39 is 5.91 Å². The summed E-state index contributed by atoms with van der Waals surface area (Å²) in [6, 6.07) is 12.1. The van der Waals surface area contributed by atoms with Gasteiger partial charge in [-0.15, -0.1) is 0 Å². The minimum Gasteiger partial charge on any atom is -0.484 e. The summed E-state index contributed by atoms with van der Waals surface area (Å²) in [5.41, 5.74) is 2.23. The first kappa shape index (κ1) is 23.5. The Balaban J connectivity index is 1.78. The summed E-state index contributed by atoms with van der Waals surface area (Å²) in [5.74, 6) is -0.0143. The number of nitrogens with one attached hydrogen (secondary N) is 4. The van der Waals surface area contributed by atoms with Crippen LogP contribution in [0, 0.1) is 6.92 Å². The van der Waals surface area contributed by atoms with Crippen molar-refractivity contribution in [3.8, 4) is 5.75 Å². The number of hydrogen-bond acceptors (Lipinski definition) is 5. The van der Waals surface area contributed by atoms with E-state index in [1.807, 2.05) is 6.92 Å². The zero-order valence-electron chi connectivity index (χ0n) is 16.4. The lowest BCUT2D eigenvalue weighted by atomic mass is 10.2. The van der Waals surface area contributed by atoms with Crippen molar-refractivity contribution >= 4 is 69.5 Å². The van der Waals surface area contributed by atoms with Crippen LogP contribution in [0.2, 0.25) is 5.02 Å². The first-order valence-electron chi connectivity index (χ1n) is 8.97. The van der Waals surface area contributed by atoms with Crippen molar-refractivity contribution in [1.82, 2.24) is 10.6 Å². The molecule has 0 atom stereocenters. The summed E-state index contributed by atoms with van der Waals surface area (Å²) >= 11 is 16.2. The van der Waals surface area contributed by atoms with Crippen molar-refractivity contribution in [2.75, 3.05) is 17.2 Å². The molecule has 0 aromatic heterocycles. The van der Waals surface area contributed by atoms with Gasteiger partial charge in [-0.3, -0.25) is 14.9 Å². The predicted octanol–water partition coefficient (Wildman–Crippen LogP) is 3.76. The van der Waals surface area contributed by atoms with E-state index in [-0.39, 0.29) is 22.7 Å². The van der Waals surface area contributed by atoms with Crippen LogP contribution in [0.1, 0.15) is 18.9 Å². The molecule has 2 aromatic rings. The zero-order chi connectivity index (χ0) is 22.1. The second kappa shape index (κ2) is 11.4. The molecule has 2 rings (SSSR count). The van der Waals surface area contributed by atoms with Gasteiger partial charge >= 0.3 is 0 Å². The van der Waals surface area contributed by atoms with Gasteiger partial charge in [-0.25, -0.2) is 0 Å². The molecule has 0 aliphatic carbocycles. The molecule has 0 aliphatic heterocycles. The molecule has 4 N–H and O–H groups in total. The van der Waals surface area contributed by atoms with Gasteiger partial charge in [-0.1, -0.05) is 18.5 Å². The van der Waals surface area contributed by atoms with Crippen LogP contribution in [0.15, 0.2) is 42.5 Å². The Bertz CT molecular complexity index is 952. The van der Waals surface area contributed by atoms with E-state index in [4.69, 9.17) is 40.8 Å². The molecule has 2 aromatic carbocycles. The lowest BCUT2D eigenvalue weighted by molar-refractivity contribution is -0.121. The minimum atomic E-state index is -0.393. The van der Waals surface area contributed by atoms with Gasteiger partial charge in [0.15, 0.2) is 16.8 Å². The van der Waals surface area contributed by atoms with Crippen molar-refractivity contribution in [3.63, 3.8) is 0 Å². The van der Waals surface area contributed by atoms with E-state index in [1.165, 1.54) is 0 Å². The molecule has 10 heteroatoms. The monoisotopic (exact) mass is 464 g/mol. The summed E-state index contributed by atoms with van der Waals surface area (Å²) in [5, 5.41) is 11.9. The number of carbonyl (C=O) groups is 2. The van der Waals surface area contributed by atoms with Crippen molar-refractivity contribution in [3.05, 3.63) is 53.1 Å². The van der Waals surface area contributed by atoms with Gasteiger partial charge in [0.2, 0.25) is 5.91 Å². The van der Waals surface area contributed by atoms with Gasteiger partial charge in [0, 0.05) is 22.8 Å². The van der Waals surface area contributed by atoms with E-state index in [0.29, 0.717) is 28.6 Å². The molecule has 0 fully saturated rings. The Morgan fingerprint density at radius 1 is 0.933 bits per heavy atom. The van der Waals surface area contributed by atoms with Crippen LogP contribution < -0.4 is 26.0 Å². The van der Waals surface area contributed by atoms with Crippen LogP contribution in [-0.2, 0) is 9.59 Å². The maximum Gasteiger partial charge on any atom is 0.264 e. The second-order valence-corrected chi connectivity index (χ2v) is 7.36. The highest BCUT2D eigenvalue weighted by molar-refractivity contribution is 7.80. The van der Waals surface area contributed by atoms with Crippen LogP contribution in [-0.4, -0.2) is 28.6 Å². The second-order valence-electron chi connectivity index (χ2n) is 6.14. The van der Waals surface area contributed by atoms with E-state index in [2.05, 4.69) is 21.3 Å². The number of anilines is 2. The Hall–Kier alpha value is -2.75. The minimum absolute atomic E-state index is 0.141. The van der Waals surface area contributed by atoms with Crippen LogP contribution in [0.25, 0.3) is 0 Å². The van der Waals surface area contributed by atoms with Crippen LogP contribution >= 0.6 is 36.0 Å². The lowest BCUT2D eigenvalue weighted by Crippen LogP contribution is -2.37. The first-order valence-corrected chi connectivity index (χ1v) is 10.2. The Morgan fingerprint density at radius 3 is 1.97 bits per heavy atom. The smallest absolute Gasteiger partial charge is 0.264 e. The molecule has 0 heterocycles. The molecular weight excluding hydrogens is 444 g/mol. The highest BCUT2D eigenvalue weighted by Gasteiger charge is 2.08. The van der Waals surface area contributed by atoms with Crippen LogP contribution in [0.3, 0.4) is 0 Å². The zero-order valence-corrected chi connectivity index (χ0v) is 18.8. The van der Waals surface area contributed by atoms with Gasteiger partial charge in [0.25, 0.3) is 5.91 Å². The third-order valence-corrected chi connectivity index (χ3v) is 4.56. The van der Waals surface area contributed by atoms with Gasteiger partial charge in [0.1, 0.15) is 5.75 Å². The number of benzene rings is 2. The molecule has 0 saturated carbocycles. The molecular formula is C20H21ClN4O3S2. The van der Waals surface area contributed by atoms with Gasteiger partial charge in [0.05, 0.1) is 0 Å². The summed E-state index contributed by atoms with van der Waals surface area (Å²) in [4.78, 5) is 23.3. The first-order chi connectivity index (χ1) is 14.3. The molecule has 0 bridgehead atoms. The molecule has 0 unspecified atom stereocenters. The summed E-state index contributed by atoms with van der Waals surface area (Å²) in [6.07, 6.45) is 0.345. The highest BCUT2D eigenvalue weighted by atomic mass is 35.5. The number of hydrogen-bond donors (Lipinski definition) is 4. The van der Waals surface area contributed by atoms with Gasteiger partial charge in [-0.2, -0.15) is 0 Å². The molecule has 0 aliphatic rings. The van der Waals surface area contributed by atoms with E-state index >= 15 is 0 Å². The third kappa shape index (κ3) is 7.94. The molecule has 30 heavy (non-hydrogen) atoms. The standard InChI is InChI=1S/C20H21ClN4O3S2/c1-3-17(26)24-19(29)22-13-4-6-14(7-5-13)23-20(30)25-18(27)11-28-15-8-9-16(21)12(2)10-15/h4-10H,3,11H2,1-2H3,(H2,22,24,26,29)(H2,23,25,27,30). The molecule has 0 saturated heterocycles. The average molecular weight is 465 g/mol. The Labute approximate surface area is 190 Å². The quantitative estimate of drug-likeness (QED) is 0.484. The normalized spacial score (nSPS) is 9.97.